The molecule has 7 nitrogen and oxygen atoms in total. The van der Waals surface area contributed by atoms with Crippen LogP contribution in [0.5, 0.6) is 5.75 Å². The van der Waals surface area contributed by atoms with E-state index in [2.05, 4.69) is 15.5 Å². The molecule has 0 saturated heterocycles. The number of amides is 1. The Bertz CT molecular complexity index is 1030. The lowest BCUT2D eigenvalue weighted by Crippen LogP contribution is -2.21. The molecule has 1 fully saturated rings. The molecule has 1 aromatic heterocycles. The minimum Gasteiger partial charge on any atom is -0.497 e. The number of ether oxygens (including phenoxy) is 1. The number of nitrogens with one attached hydrogen (secondary N) is 2. The number of thioether (sulfide) groups is 1. The SMILES string of the molecule is COc1cccc(NC(=O)[C@H](Sc2n[nH]c(=O)n2C2CC2)c2ccccc2)c1. The van der Waals surface area contributed by atoms with Gasteiger partial charge < -0.3 is 10.1 Å². The molecule has 0 aliphatic heterocycles. The minimum absolute atomic E-state index is 0.173. The number of H-pyrrole nitrogens is 1. The summed E-state index contributed by atoms with van der Waals surface area (Å²) >= 11 is 1.27. The van der Waals surface area contributed by atoms with E-state index in [1.54, 1.807) is 17.7 Å². The van der Waals surface area contributed by atoms with Crippen LogP contribution in [0.25, 0.3) is 0 Å². The van der Waals surface area contributed by atoms with E-state index in [1.165, 1.54) is 11.8 Å². The summed E-state index contributed by atoms with van der Waals surface area (Å²) in [7, 11) is 1.58. The second-order valence-corrected chi connectivity index (χ2v) is 7.61. The predicted molar refractivity (Wildman–Crippen MR) is 108 cm³/mol. The maximum atomic E-state index is 13.1. The van der Waals surface area contributed by atoms with Crippen LogP contribution >= 0.6 is 11.8 Å². The third kappa shape index (κ3) is 3.96. The van der Waals surface area contributed by atoms with Crippen LogP contribution in [-0.4, -0.2) is 27.8 Å². The van der Waals surface area contributed by atoms with Crippen molar-refractivity contribution in [2.45, 2.75) is 29.3 Å². The van der Waals surface area contributed by atoms with Gasteiger partial charge in [-0.2, -0.15) is 0 Å². The fourth-order valence-electron chi connectivity index (χ4n) is 2.94. The molecular formula is C20H20N4O3S. The molecule has 1 amide bonds. The Balaban J connectivity index is 1.62. The zero-order valence-corrected chi connectivity index (χ0v) is 16.1. The molecule has 1 aliphatic carbocycles. The number of aromatic nitrogens is 3. The molecule has 1 aliphatic rings. The van der Waals surface area contributed by atoms with Crippen LogP contribution in [0.15, 0.2) is 64.5 Å². The largest absolute Gasteiger partial charge is 0.497 e. The average molecular weight is 396 g/mol. The van der Waals surface area contributed by atoms with Gasteiger partial charge in [0.15, 0.2) is 5.16 Å². The van der Waals surface area contributed by atoms with Gasteiger partial charge in [-0.1, -0.05) is 48.2 Å². The van der Waals surface area contributed by atoms with Crippen molar-refractivity contribution in [1.82, 2.24) is 14.8 Å². The van der Waals surface area contributed by atoms with Gasteiger partial charge in [-0.05, 0) is 30.5 Å². The van der Waals surface area contributed by atoms with Crippen LogP contribution in [-0.2, 0) is 4.79 Å². The number of hydrogen-bond acceptors (Lipinski definition) is 5. The van der Waals surface area contributed by atoms with Crippen molar-refractivity contribution in [3.63, 3.8) is 0 Å². The van der Waals surface area contributed by atoms with Gasteiger partial charge in [0.1, 0.15) is 11.0 Å². The van der Waals surface area contributed by atoms with E-state index in [0.717, 1.165) is 18.4 Å². The smallest absolute Gasteiger partial charge is 0.344 e. The van der Waals surface area contributed by atoms with E-state index >= 15 is 0 Å². The summed E-state index contributed by atoms with van der Waals surface area (Å²) in [5.74, 6) is 0.471. The molecule has 144 valence electrons. The van der Waals surface area contributed by atoms with Crippen molar-refractivity contribution >= 4 is 23.4 Å². The maximum Gasteiger partial charge on any atom is 0.344 e. The highest BCUT2D eigenvalue weighted by molar-refractivity contribution is 8.00. The van der Waals surface area contributed by atoms with Gasteiger partial charge >= 0.3 is 5.69 Å². The summed E-state index contributed by atoms with van der Waals surface area (Å²) in [6, 6.07) is 16.9. The maximum absolute atomic E-state index is 13.1. The normalized spacial score (nSPS) is 14.5. The summed E-state index contributed by atoms with van der Waals surface area (Å²) < 4.78 is 6.87. The third-order valence-corrected chi connectivity index (χ3v) is 5.71. The van der Waals surface area contributed by atoms with E-state index in [9.17, 15) is 9.59 Å². The number of nitrogens with zero attached hydrogens (tertiary/aromatic N) is 2. The Morgan fingerprint density at radius 2 is 2.04 bits per heavy atom. The fourth-order valence-corrected chi connectivity index (χ4v) is 4.06. The Hall–Kier alpha value is -3.00. The van der Waals surface area contributed by atoms with Gasteiger partial charge in [0, 0.05) is 17.8 Å². The first kappa shape index (κ1) is 18.4. The van der Waals surface area contributed by atoms with Gasteiger partial charge in [-0.25, -0.2) is 9.89 Å². The molecule has 1 atom stereocenters. The first-order chi connectivity index (χ1) is 13.7. The molecule has 1 heterocycles. The monoisotopic (exact) mass is 396 g/mol. The number of anilines is 1. The molecule has 1 saturated carbocycles. The zero-order chi connectivity index (χ0) is 19.5. The van der Waals surface area contributed by atoms with Crippen LogP contribution in [0.2, 0.25) is 0 Å². The van der Waals surface area contributed by atoms with Crippen LogP contribution in [0.1, 0.15) is 29.7 Å². The van der Waals surface area contributed by atoms with Gasteiger partial charge in [-0.15, -0.1) is 5.10 Å². The van der Waals surface area contributed by atoms with E-state index in [4.69, 9.17) is 4.74 Å². The summed E-state index contributed by atoms with van der Waals surface area (Å²) in [5, 5.41) is 9.57. The van der Waals surface area contributed by atoms with Gasteiger partial charge in [0.25, 0.3) is 0 Å². The average Bonchev–Trinajstić information content (AvgIpc) is 3.49. The highest BCUT2D eigenvalue weighted by atomic mass is 32.2. The highest BCUT2D eigenvalue weighted by Gasteiger charge is 2.31. The predicted octanol–water partition coefficient (Wildman–Crippen LogP) is 3.39. The van der Waals surface area contributed by atoms with Crippen molar-refractivity contribution < 1.29 is 9.53 Å². The molecule has 0 bridgehead atoms. The van der Waals surface area contributed by atoms with Crippen molar-refractivity contribution in [2.24, 2.45) is 0 Å². The number of benzene rings is 2. The lowest BCUT2D eigenvalue weighted by molar-refractivity contribution is -0.115. The molecule has 2 aromatic carbocycles. The van der Waals surface area contributed by atoms with Crippen LogP contribution in [0.4, 0.5) is 5.69 Å². The van der Waals surface area contributed by atoms with Gasteiger partial charge in [-0.3, -0.25) is 9.36 Å². The lowest BCUT2D eigenvalue weighted by atomic mass is 10.1. The number of hydrogen-bond donors (Lipinski definition) is 2. The Labute approximate surface area is 166 Å². The first-order valence-electron chi connectivity index (χ1n) is 8.99. The molecular weight excluding hydrogens is 376 g/mol. The molecule has 4 rings (SSSR count). The van der Waals surface area contributed by atoms with E-state index in [0.29, 0.717) is 16.6 Å². The number of carbonyl (C=O) groups excluding carboxylic acids is 1. The quantitative estimate of drug-likeness (QED) is 0.598. The molecule has 28 heavy (non-hydrogen) atoms. The second kappa shape index (κ2) is 7.93. The molecule has 0 radical (unpaired) electrons. The van der Waals surface area contributed by atoms with Crippen LogP contribution < -0.4 is 15.7 Å². The summed E-state index contributed by atoms with van der Waals surface area (Å²) in [6.45, 7) is 0. The molecule has 0 unspecified atom stereocenters. The summed E-state index contributed by atoms with van der Waals surface area (Å²) in [6.07, 6.45) is 1.91. The fraction of sp³-hybridized carbons (Fsp3) is 0.250. The third-order valence-electron chi connectivity index (χ3n) is 4.49. The topological polar surface area (TPSA) is 89.0 Å². The first-order valence-corrected chi connectivity index (χ1v) is 9.87. The van der Waals surface area contributed by atoms with Crippen molar-refractivity contribution in [2.75, 3.05) is 12.4 Å². The van der Waals surface area contributed by atoms with Crippen molar-refractivity contribution in [3.05, 3.63) is 70.6 Å². The summed E-state index contributed by atoms with van der Waals surface area (Å²) in [4.78, 5) is 25.2. The van der Waals surface area contributed by atoms with Crippen molar-refractivity contribution in [3.8, 4) is 5.75 Å². The second-order valence-electron chi connectivity index (χ2n) is 6.54. The van der Waals surface area contributed by atoms with Crippen molar-refractivity contribution in [1.29, 1.82) is 0 Å². The number of rotatable bonds is 7. The molecule has 3 aromatic rings. The van der Waals surface area contributed by atoms with Crippen LogP contribution in [0.3, 0.4) is 0 Å². The standard InChI is InChI=1S/C20H20N4O3S/c1-27-16-9-5-8-14(12-16)21-18(25)17(13-6-3-2-4-7-13)28-20-23-22-19(26)24(20)15-10-11-15/h2-9,12,15,17H,10-11H2,1H3,(H,21,25)(H,22,26)/t17-/m1/s1. The number of methoxy groups -OCH3 is 1. The number of aromatic amines is 1. The van der Waals surface area contributed by atoms with Gasteiger partial charge in [0.2, 0.25) is 5.91 Å². The molecule has 2 N–H and O–H groups in total. The van der Waals surface area contributed by atoms with E-state index in [-0.39, 0.29) is 17.6 Å². The Morgan fingerprint density at radius 3 is 2.75 bits per heavy atom. The Morgan fingerprint density at radius 1 is 1.25 bits per heavy atom. The number of carbonyl (C=O) groups is 1. The summed E-state index contributed by atoms with van der Waals surface area (Å²) in [5.41, 5.74) is 1.25. The van der Waals surface area contributed by atoms with E-state index in [1.807, 2.05) is 48.5 Å². The van der Waals surface area contributed by atoms with Crippen LogP contribution in [0, 0.1) is 0 Å². The zero-order valence-electron chi connectivity index (χ0n) is 15.3. The van der Waals surface area contributed by atoms with E-state index < -0.39 is 5.25 Å². The van der Waals surface area contributed by atoms with Gasteiger partial charge in [0.05, 0.1) is 7.11 Å². The lowest BCUT2D eigenvalue weighted by Gasteiger charge is -2.17. The Kier molecular flexibility index (Phi) is 5.21. The molecule has 8 heteroatoms. The minimum atomic E-state index is -0.555. The molecule has 0 spiro atoms. The highest BCUT2D eigenvalue weighted by Crippen LogP contribution is 2.40.